The minimum absolute atomic E-state index is 0.0416. The van der Waals surface area contributed by atoms with Crippen LogP contribution in [0.2, 0.25) is 0 Å². The van der Waals surface area contributed by atoms with E-state index in [-0.39, 0.29) is 17.3 Å². The number of rotatable bonds is 3. The van der Waals surface area contributed by atoms with Gasteiger partial charge in [-0.15, -0.1) is 0 Å². The van der Waals surface area contributed by atoms with E-state index < -0.39 is 11.6 Å². The number of benzene rings is 1. The van der Waals surface area contributed by atoms with Crippen molar-refractivity contribution >= 4 is 0 Å². The number of nitrogens with one attached hydrogen (secondary N) is 1. The molecule has 1 aromatic carbocycles. The van der Waals surface area contributed by atoms with E-state index >= 15 is 0 Å². The summed E-state index contributed by atoms with van der Waals surface area (Å²) in [6.07, 6.45) is 7.76. The molecule has 3 rings (SSSR count). The van der Waals surface area contributed by atoms with Crippen LogP contribution in [-0.4, -0.2) is 19.2 Å². The van der Waals surface area contributed by atoms with E-state index in [1.165, 1.54) is 43.9 Å². The summed E-state index contributed by atoms with van der Waals surface area (Å²) in [5.74, 6) is -1.42. The van der Waals surface area contributed by atoms with E-state index in [1.807, 2.05) is 7.05 Å². The predicted octanol–water partition coefficient (Wildman–Crippen LogP) is 4.04. The van der Waals surface area contributed by atoms with E-state index in [4.69, 9.17) is 4.74 Å². The molecule has 0 heterocycles. The normalized spacial score (nSPS) is 28.0. The molecule has 2 atom stereocenters. The second kappa shape index (κ2) is 5.91. The highest BCUT2D eigenvalue weighted by molar-refractivity contribution is 5.27. The molecule has 2 fully saturated rings. The van der Waals surface area contributed by atoms with Crippen molar-refractivity contribution in [1.29, 1.82) is 0 Å². The van der Waals surface area contributed by atoms with Crippen molar-refractivity contribution in [1.82, 2.24) is 5.32 Å². The molecule has 0 radical (unpaired) electrons. The van der Waals surface area contributed by atoms with Gasteiger partial charge in [-0.1, -0.05) is 31.7 Å². The first kappa shape index (κ1) is 14.8. The molecule has 0 aromatic heterocycles. The Balaban J connectivity index is 1.81. The zero-order chi connectivity index (χ0) is 14.9. The number of halogens is 2. The molecule has 0 amide bonds. The van der Waals surface area contributed by atoms with Crippen LogP contribution >= 0.6 is 0 Å². The first-order valence-electron chi connectivity index (χ1n) is 7.95. The van der Waals surface area contributed by atoms with Crippen molar-refractivity contribution in [3.05, 3.63) is 29.8 Å². The van der Waals surface area contributed by atoms with E-state index in [1.54, 1.807) is 0 Å². The molecule has 4 heteroatoms. The Kier molecular flexibility index (Phi) is 4.16. The van der Waals surface area contributed by atoms with Gasteiger partial charge in [-0.3, -0.25) is 0 Å². The minimum Gasteiger partial charge on any atom is -0.484 e. The van der Waals surface area contributed by atoms with Crippen molar-refractivity contribution in [3.8, 4) is 5.75 Å². The average Bonchev–Trinajstić information content (AvgIpc) is 2.73. The smallest absolute Gasteiger partial charge is 0.191 e. The van der Waals surface area contributed by atoms with Gasteiger partial charge in [0.15, 0.2) is 17.4 Å². The van der Waals surface area contributed by atoms with Crippen molar-refractivity contribution < 1.29 is 13.5 Å². The van der Waals surface area contributed by atoms with Gasteiger partial charge in [0.05, 0.1) is 0 Å². The highest BCUT2D eigenvalue weighted by Crippen LogP contribution is 2.52. The van der Waals surface area contributed by atoms with E-state index in [9.17, 15) is 8.78 Å². The van der Waals surface area contributed by atoms with Crippen molar-refractivity contribution in [2.75, 3.05) is 7.05 Å². The standard InChI is InChI=1S/C17H23F2NO/c1-20-14-11-15(17(14)9-4-2-3-5-10-17)21-16-12(18)7-6-8-13(16)19/h6-8,14-15,20H,2-5,9-11H2,1H3. The average molecular weight is 295 g/mol. The van der Waals surface area contributed by atoms with Crippen LogP contribution in [0, 0.1) is 17.0 Å². The summed E-state index contributed by atoms with van der Waals surface area (Å²) >= 11 is 0. The molecule has 0 saturated heterocycles. The second-order valence-corrected chi connectivity index (χ2v) is 6.38. The highest BCUT2D eigenvalue weighted by Gasteiger charge is 2.55. The topological polar surface area (TPSA) is 21.3 Å². The molecule has 2 aliphatic carbocycles. The summed E-state index contributed by atoms with van der Waals surface area (Å²) in [7, 11) is 1.97. The van der Waals surface area contributed by atoms with E-state index in [0.717, 1.165) is 19.3 Å². The molecule has 2 nitrogen and oxygen atoms in total. The lowest BCUT2D eigenvalue weighted by Gasteiger charge is -2.55. The molecule has 21 heavy (non-hydrogen) atoms. The fraction of sp³-hybridized carbons (Fsp3) is 0.647. The summed E-state index contributed by atoms with van der Waals surface area (Å²) < 4.78 is 33.4. The third kappa shape index (κ3) is 2.54. The Hall–Kier alpha value is -1.16. The quantitative estimate of drug-likeness (QED) is 0.908. The Morgan fingerprint density at radius 3 is 2.29 bits per heavy atom. The van der Waals surface area contributed by atoms with Crippen LogP contribution in [-0.2, 0) is 0 Å². The minimum atomic E-state index is -0.605. The zero-order valence-electron chi connectivity index (χ0n) is 12.5. The van der Waals surface area contributed by atoms with Gasteiger partial charge in [0.2, 0.25) is 0 Å². The van der Waals surface area contributed by atoms with Crippen LogP contribution in [0.15, 0.2) is 18.2 Å². The van der Waals surface area contributed by atoms with Crippen LogP contribution in [0.1, 0.15) is 44.9 Å². The van der Waals surface area contributed by atoms with E-state index in [0.29, 0.717) is 6.04 Å². The zero-order valence-corrected chi connectivity index (χ0v) is 12.5. The van der Waals surface area contributed by atoms with Gasteiger partial charge in [0.1, 0.15) is 6.10 Å². The Morgan fingerprint density at radius 2 is 1.71 bits per heavy atom. The summed E-state index contributed by atoms with van der Waals surface area (Å²) in [5, 5.41) is 3.37. The summed E-state index contributed by atoms with van der Waals surface area (Å²) in [6, 6.07) is 4.28. The SMILES string of the molecule is CNC1CC(Oc2c(F)cccc2F)C12CCCCCC2. The predicted molar refractivity (Wildman–Crippen MR) is 78.4 cm³/mol. The van der Waals surface area contributed by atoms with Gasteiger partial charge in [-0.25, -0.2) is 8.78 Å². The molecule has 0 bridgehead atoms. The van der Waals surface area contributed by atoms with Gasteiger partial charge in [0, 0.05) is 17.9 Å². The van der Waals surface area contributed by atoms with Gasteiger partial charge in [-0.05, 0) is 32.0 Å². The highest BCUT2D eigenvalue weighted by atomic mass is 19.1. The molecule has 0 aliphatic heterocycles. The molecule has 2 unspecified atom stereocenters. The van der Waals surface area contributed by atoms with E-state index in [2.05, 4.69) is 5.32 Å². The first-order valence-corrected chi connectivity index (χ1v) is 7.95. The van der Waals surface area contributed by atoms with Crippen LogP contribution < -0.4 is 10.1 Å². The molecule has 1 spiro atoms. The van der Waals surface area contributed by atoms with Crippen LogP contribution in [0.5, 0.6) is 5.75 Å². The molecular formula is C17H23F2NO. The van der Waals surface area contributed by atoms with Gasteiger partial charge >= 0.3 is 0 Å². The molecule has 116 valence electrons. The molecular weight excluding hydrogens is 272 g/mol. The fourth-order valence-electron chi connectivity index (χ4n) is 4.11. The molecule has 1 N–H and O–H groups in total. The van der Waals surface area contributed by atoms with Gasteiger partial charge in [0.25, 0.3) is 0 Å². The Morgan fingerprint density at radius 1 is 1.10 bits per heavy atom. The molecule has 2 saturated carbocycles. The van der Waals surface area contributed by atoms with Crippen LogP contribution in [0.3, 0.4) is 0 Å². The third-order valence-electron chi connectivity index (χ3n) is 5.35. The van der Waals surface area contributed by atoms with Gasteiger partial charge in [-0.2, -0.15) is 0 Å². The largest absolute Gasteiger partial charge is 0.484 e. The number of hydrogen-bond donors (Lipinski definition) is 1. The molecule has 2 aliphatic rings. The molecule has 1 aromatic rings. The first-order chi connectivity index (χ1) is 10.2. The summed E-state index contributed by atoms with van der Waals surface area (Å²) in [4.78, 5) is 0. The lowest BCUT2D eigenvalue weighted by atomic mass is 9.58. The Labute approximate surface area is 124 Å². The van der Waals surface area contributed by atoms with Crippen LogP contribution in [0.25, 0.3) is 0 Å². The Bertz CT molecular complexity index is 477. The maximum atomic E-state index is 13.8. The van der Waals surface area contributed by atoms with Crippen LogP contribution in [0.4, 0.5) is 8.78 Å². The van der Waals surface area contributed by atoms with Crippen molar-refractivity contribution in [2.24, 2.45) is 5.41 Å². The maximum absolute atomic E-state index is 13.8. The summed E-state index contributed by atoms with van der Waals surface area (Å²) in [6.45, 7) is 0. The lowest BCUT2D eigenvalue weighted by molar-refractivity contribution is -0.0909. The van der Waals surface area contributed by atoms with Crippen molar-refractivity contribution in [3.63, 3.8) is 0 Å². The lowest BCUT2D eigenvalue weighted by Crippen LogP contribution is -2.64. The fourth-order valence-corrected chi connectivity index (χ4v) is 4.11. The summed E-state index contributed by atoms with van der Waals surface area (Å²) in [5.41, 5.74) is 0.0416. The van der Waals surface area contributed by atoms with Crippen molar-refractivity contribution in [2.45, 2.75) is 57.1 Å². The number of para-hydroxylation sites is 1. The number of hydrogen-bond acceptors (Lipinski definition) is 2. The van der Waals surface area contributed by atoms with Gasteiger partial charge < -0.3 is 10.1 Å². The monoisotopic (exact) mass is 295 g/mol. The second-order valence-electron chi connectivity index (χ2n) is 6.38. The third-order valence-corrected chi connectivity index (χ3v) is 5.35. The maximum Gasteiger partial charge on any atom is 0.191 e. The number of ether oxygens (including phenoxy) is 1.